The molecule has 0 aromatic heterocycles. The second-order valence-electron chi connectivity index (χ2n) is 4.19. The van der Waals surface area contributed by atoms with Crippen molar-refractivity contribution < 1.29 is 14.3 Å². The monoisotopic (exact) mass is 265 g/mol. The van der Waals surface area contributed by atoms with Crippen LogP contribution in [0.25, 0.3) is 0 Å². The molecule has 0 radical (unpaired) electrons. The maximum atomic E-state index is 12.0. The van der Waals surface area contributed by atoms with Crippen molar-refractivity contribution in [2.75, 3.05) is 44.8 Å². The fraction of sp³-hybridized carbons (Fsp3) is 0.462. The summed E-state index contributed by atoms with van der Waals surface area (Å²) in [5.74, 6) is 0.699. The zero-order chi connectivity index (χ0) is 13.5. The van der Waals surface area contributed by atoms with Crippen molar-refractivity contribution in [3.05, 3.63) is 24.3 Å². The number of amides is 2. The first-order valence-corrected chi connectivity index (χ1v) is 6.36. The lowest BCUT2D eigenvalue weighted by Gasteiger charge is -2.26. The summed E-state index contributed by atoms with van der Waals surface area (Å²) in [6.07, 6.45) is 0. The van der Waals surface area contributed by atoms with Crippen molar-refractivity contribution in [2.45, 2.75) is 0 Å². The van der Waals surface area contributed by atoms with Crippen molar-refractivity contribution in [1.29, 1.82) is 0 Å². The normalized spacial score (nSPS) is 15.1. The Balaban J connectivity index is 1.92. The average molecular weight is 265 g/mol. The predicted molar refractivity (Wildman–Crippen MR) is 72.4 cm³/mol. The third-order valence-corrected chi connectivity index (χ3v) is 2.77. The quantitative estimate of drug-likeness (QED) is 0.847. The molecule has 0 atom stereocenters. The Kier molecular flexibility index (Phi) is 5.00. The highest BCUT2D eigenvalue weighted by Crippen LogP contribution is 2.17. The van der Waals surface area contributed by atoms with E-state index in [-0.39, 0.29) is 6.03 Å². The fourth-order valence-electron chi connectivity index (χ4n) is 1.81. The molecule has 0 spiro atoms. The van der Waals surface area contributed by atoms with Gasteiger partial charge in [-0.15, -0.1) is 0 Å². The van der Waals surface area contributed by atoms with Gasteiger partial charge in [-0.3, -0.25) is 0 Å². The minimum absolute atomic E-state index is 0.112. The van der Waals surface area contributed by atoms with Crippen LogP contribution in [0.3, 0.4) is 0 Å². The molecule has 2 amide bonds. The maximum Gasteiger partial charge on any atom is 0.322 e. The Morgan fingerprint density at radius 3 is 2.95 bits per heavy atom. The molecule has 0 bridgehead atoms. The first-order chi connectivity index (χ1) is 9.29. The number of anilines is 1. The predicted octanol–water partition coefficient (Wildman–Crippen LogP) is 0.888. The molecular weight excluding hydrogens is 246 g/mol. The zero-order valence-electron chi connectivity index (χ0n) is 10.8. The fourth-order valence-corrected chi connectivity index (χ4v) is 1.81. The number of hydrogen-bond donors (Lipinski definition) is 2. The van der Waals surface area contributed by atoms with Gasteiger partial charge in [-0.1, -0.05) is 6.07 Å². The van der Waals surface area contributed by atoms with Gasteiger partial charge < -0.3 is 25.4 Å². The number of benzene rings is 1. The molecule has 19 heavy (non-hydrogen) atoms. The number of carbonyl (C=O) groups is 1. The van der Waals surface area contributed by atoms with Gasteiger partial charge in [0.1, 0.15) is 12.4 Å². The highest BCUT2D eigenvalue weighted by molar-refractivity contribution is 5.89. The van der Waals surface area contributed by atoms with E-state index in [1.807, 2.05) is 18.2 Å². The Morgan fingerprint density at radius 1 is 1.42 bits per heavy atom. The third-order valence-electron chi connectivity index (χ3n) is 2.77. The molecule has 6 nitrogen and oxygen atoms in total. The van der Waals surface area contributed by atoms with Gasteiger partial charge in [-0.25, -0.2) is 4.79 Å². The van der Waals surface area contributed by atoms with Crippen LogP contribution in [-0.2, 0) is 4.74 Å². The highest BCUT2D eigenvalue weighted by Gasteiger charge is 2.16. The molecule has 1 aliphatic heterocycles. The van der Waals surface area contributed by atoms with E-state index in [0.29, 0.717) is 50.9 Å². The van der Waals surface area contributed by atoms with Crippen LogP contribution in [0.5, 0.6) is 5.75 Å². The van der Waals surface area contributed by atoms with Gasteiger partial charge in [-0.05, 0) is 12.1 Å². The van der Waals surface area contributed by atoms with Gasteiger partial charge >= 0.3 is 6.03 Å². The zero-order valence-corrected chi connectivity index (χ0v) is 10.8. The largest absolute Gasteiger partial charge is 0.492 e. The number of nitrogens with one attached hydrogen (secondary N) is 1. The molecule has 1 aromatic carbocycles. The molecule has 1 saturated heterocycles. The highest BCUT2D eigenvalue weighted by atomic mass is 16.5. The van der Waals surface area contributed by atoms with E-state index in [9.17, 15) is 4.79 Å². The molecule has 1 aliphatic rings. The summed E-state index contributed by atoms with van der Waals surface area (Å²) in [7, 11) is 0. The summed E-state index contributed by atoms with van der Waals surface area (Å²) in [6, 6.07) is 7.17. The molecule has 1 heterocycles. The first-order valence-electron chi connectivity index (χ1n) is 6.36. The number of nitrogens with two attached hydrogens (primary N) is 1. The topological polar surface area (TPSA) is 76.8 Å². The van der Waals surface area contributed by atoms with Crippen LogP contribution in [0.4, 0.5) is 10.5 Å². The standard InChI is InChI=1S/C13H19N3O3/c14-4-7-19-12-3-1-2-11(10-12)15-13(17)16-5-8-18-9-6-16/h1-3,10H,4-9,14H2,(H,15,17). The summed E-state index contributed by atoms with van der Waals surface area (Å²) >= 11 is 0. The molecule has 1 aromatic rings. The SMILES string of the molecule is NCCOc1cccc(NC(=O)N2CCOCC2)c1. The number of hydrogen-bond acceptors (Lipinski definition) is 4. The Bertz CT molecular complexity index is 419. The van der Waals surface area contributed by atoms with Crippen LogP contribution >= 0.6 is 0 Å². The van der Waals surface area contributed by atoms with E-state index in [2.05, 4.69) is 5.32 Å². The summed E-state index contributed by atoms with van der Waals surface area (Å²) in [5.41, 5.74) is 6.09. The van der Waals surface area contributed by atoms with Crippen LogP contribution in [-0.4, -0.2) is 50.4 Å². The van der Waals surface area contributed by atoms with Gasteiger partial charge in [0.2, 0.25) is 0 Å². The van der Waals surface area contributed by atoms with Gasteiger partial charge in [0.15, 0.2) is 0 Å². The van der Waals surface area contributed by atoms with Crippen molar-refractivity contribution >= 4 is 11.7 Å². The summed E-state index contributed by atoms with van der Waals surface area (Å²) in [6.45, 7) is 3.34. The summed E-state index contributed by atoms with van der Waals surface area (Å²) in [4.78, 5) is 13.7. The number of rotatable bonds is 4. The minimum atomic E-state index is -0.112. The summed E-state index contributed by atoms with van der Waals surface area (Å²) < 4.78 is 10.6. The van der Waals surface area contributed by atoms with Crippen molar-refractivity contribution in [2.24, 2.45) is 5.73 Å². The number of ether oxygens (including phenoxy) is 2. The lowest BCUT2D eigenvalue weighted by molar-refractivity contribution is 0.0564. The van der Waals surface area contributed by atoms with Crippen LogP contribution in [0.15, 0.2) is 24.3 Å². The lowest BCUT2D eigenvalue weighted by Crippen LogP contribution is -2.43. The van der Waals surface area contributed by atoms with Crippen molar-refractivity contribution in [1.82, 2.24) is 4.90 Å². The minimum Gasteiger partial charge on any atom is -0.492 e. The van der Waals surface area contributed by atoms with E-state index in [1.54, 1.807) is 11.0 Å². The third kappa shape index (κ3) is 4.11. The Hall–Kier alpha value is -1.79. The molecule has 6 heteroatoms. The molecular formula is C13H19N3O3. The number of urea groups is 1. The van der Waals surface area contributed by atoms with Crippen LogP contribution in [0, 0.1) is 0 Å². The van der Waals surface area contributed by atoms with Gasteiger partial charge in [0.05, 0.1) is 13.2 Å². The molecule has 0 saturated carbocycles. The first kappa shape index (κ1) is 13.6. The number of morpholine rings is 1. The molecule has 0 aliphatic carbocycles. The Morgan fingerprint density at radius 2 is 2.21 bits per heavy atom. The van der Waals surface area contributed by atoms with Gasteiger partial charge in [-0.2, -0.15) is 0 Å². The van der Waals surface area contributed by atoms with Crippen molar-refractivity contribution in [3.8, 4) is 5.75 Å². The van der Waals surface area contributed by atoms with E-state index in [4.69, 9.17) is 15.2 Å². The van der Waals surface area contributed by atoms with Crippen molar-refractivity contribution in [3.63, 3.8) is 0 Å². The van der Waals surface area contributed by atoms with Crippen LogP contribution in [0.1, 0.15) is 0 Å². The molecule has 1 fully saturated rings. The van der Waals surface area contributed by atoms with Gasteiger partial charge in [0, 0.05) is 31.4 Å². The molecule has 2 rings (SSSR count). The molecule has 104 valence electrons. The van der Waals surface area contributed by atoms with Crippen LogP contribution < -0.4 is 15.8 Å². The van der Waals surface area contributed by atoms with E-state index >= 15 is 0 Å². The van der Waals surface area contributed by atoms with Crippen LogP contribution in [0.2, 0.25) is 0 Å². The van der Waals surface area contributed by atoms with E-state index in [0.717, 1.165) is 0 Å². The number of nitrogens with zero attached hydrogens (tertiary/aromatic N) is 1. The Labute approximate surface area is 112 Å². The smallest absolute Gasteiger partial charge is 0.322 e. The summed E-state index contributed by atoms with van der Waals surface area (Å²) in [5, 5.41) is 2.85. The molecule has 3 N–H and O–H groups in total. The number of carbonyl (C=O) groups excluding carboxylic acids is 1. The second-order valence-corrected chi connectivity index (χ2v) is 4.19. The molecule has 0 unspecified atom stereocenters. The maximum absolute atomic E-state index is 12.0. The average Bonchev–Trinajstić information content (AvgIpc) is 2.46. The van der Waals surface area contributed by atoms with E-state index < -0.39 is 0 Å². The van der Waals surface area contributed by atoms with E-state index in [1.165, 1.54) is 0 Å². The lowest BCUT2D eigenvalue weighted by atomic mass is 10.3. The second kappa shape index (κ2) is 6.96. The van der Waals surface area contributed by atoms with Gasteiger partial charge in [0.25, 0.3) is 0 Å².